The van der Waals surface area contributed by atoms with E-state index in [-0.39, 0.29) is 25.0 Å². The number of rotatable bonds is 11. The second-order valence-corrected chi connectivity index (χ2v) is 7.85. The molecule has 0 aliphatic heterocycles. The highest BCUT2D eigenvalue weighted by molar-refractivity contribution is 5.90. The van der Waals surface area contributed by atoms with Gasteiger partial charge in [-0.1, -0.05) is 62.4 Å². The minimum atomic E-state index is -0.591. The van der Waals surface area contributed by atoms with Crippen LogP contribution in [0.25, 0.3) is 10.8 Å². The van der Waals surface area contributed by atoms with Crippen LogP contribution in [-0.2, 0) is 16.1 Å². The largest absolute Gasteiger partial charge is 0.497 e. The average Bonchev–Trinajstić information content (AvgIpc) is 2.85. The molecule has 3 aromatic rings. The van der Waals surface area contributed by atoms with Gasteiger partial charge in [-0.25, -0.2) is 0 Å². The van der Waals surface area contributed by atoms with Crippen LogP contribution in [0.2, 0.25) is 0 Å². The first-order chi connectivity index (χ1) is 16.1. The number of hydrogen-bond donors (Lipinski definition) is 1. The molecule has 0 saturated carbocycles. The van der Waals surface area contributed by atoms with E-state index in [4.69, 9.17) is 9.47 Å². The Balaban J connectivity index is 1.83. The normalized spacial score (nSPS) is 11.6. The van der Waals surface area contributed by atoms with Crippen molar-refractivity contribution < 1.29 is 19.1 Å². The van der Waals surface area contributed by atoms with Crippen LogP contribution >= 0.6 is 0 Å². The molecule has 0 fully saturated rings. The van der Waals surface area contributed by atoms with Gasteiger partial charge in [-0.3, -0.25) is 9.59 Å². The van der Waals surface area contributed by atoms with Gasteiger partial charge in [0.25, 0.3) is 5.91 Å². The fourth-order valence-corrected chi connectivity index (χ4v) is 3.80. The number of amides is 2. The molecule has 0 aliphatic rings. The molecule has 2 amide bonds. The second kappa shape index (κ2) is 11.9. The van der Waals surface area contributed by atoms with Crippen LogP contribution in [0, 0.1) is 0 Å². The van der Waals surface area contributed by atoms with Crippen molar-refractivity contribution in [3.63, 3.8) is 0 Å². The Morgan fingerprint density at radius 3 is 2.52 bits per heavy atom. The summed E-state index contributed by atoms with van der Waals surface area (Å²) in [7, 11) is 1.60. The standard InChI is InChI=1S/C27H32N2O4/c1-4-16-28-27(31)24(5-2)29(18-20-10-8-13-22(17-20)32-3)26(30)19-33-25-15-9-12-21-11-6-7-14-23(21)25/h6-15,17,24H,4-5,16,18-19H2,1-3H3,(H,28,31). The Hall–Kier alpha value is -3.54. The zero-order valence-corrected chi connectivity index (χ0v) is 19.5. The second-order valence-electron chi connectivity index (χ2n) is 7.85. The number of carbonyl (C=O) groups excluding carboxylic acids is 2. The lowest BCUT2D eigenvalue weighted by Gasteiger charge is -2.30. The molecule has 0 bridgehead atoms. The first-order valence-electron chi connectivity index (χ1n) is 11.4. The van der Waals surface area contributed by atoms with Gasteiger partial charge in [0.05, 0.1) is 7.11 Å². The van der Waals surface area contributed by atoms with E-state index < -0.39 is 6.04 Å². The van der Waals surface area contributed by atoms with Crippen LogP contribution in [0.4, 0.5) is 0 Å². The van der Waals surface area contributed by atoms with Crippen molar-refractivity contribution in [2.24, 2.45) is 0 Å². The van der Waals surface area contributed by atoms with Gasteiger partial charge in [0, 0.05) is 18.5 Å². The third kappa shape index (κ3) is 6.25. The molecular weight excluding hydrogens is 416 g/mol. The number of benzene rings is 3. The van der Waals surface area contributed by atoms with Crippen LogP contribution in [0.5, 0.6) is 11.5 Å². The lowest BCUT2D eigenvalue weighted by molar-refractivity contribution is -0.142. The minimum absolute atomic E-state index is 0.152. The summed E-state index contributed by atoms with van der Waals surface area (Å²) in [5.41, 5.74) is 0.884. The Kier molecular flexibility index (Phi) is 8.70. The number of methoxy groups -OCH3 is 1. The van der Waals surface area contributed by atoms with Crippen LogP contribution in [-0.4, -0.2) is 43.0 Å². The predicted molar refractivity (Wildman–Crippen MR) is 130 cm³/mol. The molecule has 1 atom stereocenters. The summed E-state index contributed by atoms with van der Waals surface area (Å²) >= 11 is 0. The van der Waals surface area contributed by atoms with Crippen molar-refractivity contribution in [2.75, 3.05) is 20.3 Å². The maximum Gasteiger partial charge on any atom is 0.261 e. The summed E-state index contributed by atoms with van der Waals surface area (Å²) in [6.07, 6.45) is 1.33. The van der Waals surface area contributed by atoms with Gasteiger partial charge in [-0.15, -0.1) is 0 Å². The summed E-state index contributed by atoms with van der Waals surface area (Å²) in [6.45, 7) is 4.61. The molecule has 0 aliphatic carbocycles. The minimum Gasteiger partial charge on any atom is -0.497 e. The van der Waals surface area contributed by atoms with Gasteiger partial charge >= 0.3 is 0 Å². The number of nitrogens with one attached hydrogen (secondary N) is 1. The quantitative estimate of drug-likeness (QED) is 0.467. The maximum atomic E-state index is 13.4. The van der Waals surface area contributed by atoms with Gasteiger partial charge < -0.3 is 19.7 Å². The van der Waals surface area contributed by atoms with Gasteiger partial charge in [-0.05, 0) is 42.0 Å². The maximum absolute atomic E-state index is 13.4. The van der Waals surface area contributed by atoms with E-state index in [0.29, 0.717) is 24.5 Å². The van der Waals surface area contributed by atoms with E-state index in [1.165, 1.54) is 0 Å². The van der Waals surface area contributed by atoms with Crippen LogP contribution in [0.3, 0.4) is 0 Å². The first kappa shape index (κ1) is 24.1. The lowest BCUT2D eigenvalue weighted by atomic mass is 10.1. The Morgan fingerprint density at radius 2 is 1.76 bits per heavy atom. The predicted octanol–water partition coefficient (Wildman–Crippen LogP) is 4.56. The first-order valence-corrected chi connectivity index (χ1v) is 11.4. The Labute approximate surface area is 195 Å². The molecule has 0 aromatic heterocycles. The molecule has 0 heterocycles. The third-order valence-corrected chi connectivity index (χ3v) is 5.52. The molecule has 3 aromatic carbocycles. The molecule has 0 saturated heterocycles. The molecule has 6 heteroatoms. The smallest absolute Gasteiger partial charge is 0.261 e. The fourth-order valence-electron chi connectivity index (χ4n) is 3.80. The third-order valence-electron chi connectivity index (χ3n) is 5.52. The van der Waals surface area contributed by atoms with Crippen molar-refractivity contribution in [1.82, 2.24) is 10.2 Å². The van der Waals surface area contributed by atoms with E-state index in [0.717, 1.165) is 22.8 Å². The highest BCUT2D eigenvalue weighted by atomic mass is 16.5. The summed E-state index contributed by atoms with van der Waals surface area (Å²) in [4.78, 5) is 27.9. The molecule has 174 valence electrons. The van der Waals surface area contributed by atoms with Crippen molar-refractivity contribution in [2.45, 2.75) is 39.3 Å². The monoisotopic (exact) mass is 448 g/mol. The van der Waals surface area contributed by atoms with E-state index in [2.05, 4.69) is 5.32 Å². The lowest BCUT2D eigenvalue weighted by Crippen LogP contribution is -2.50. The average molecular weight is 449 g/mol. The van der Waals surface area contributed by atoms with Crippen molar-refractivity contribution in [1.29, 1.82) is 0 Å². The van der Waals surface area contributed by atoms with Crippen molar-refractivity contribution >= 4 is 22.6 Å². The number of nitrogens with zero attached hydrogens (tertiary/aromatic N) is 1. The molecular formula is C27H32N2O4. The van der Waals surface area contributed by atoms with Gasteiger partial charge in [-0.2, -0.15) is 0 Å². The van der Waals surface area contributed by atoms with E-state index >= 15 is 0 Å². The van der Waals surface area contributed by atoms with Crippen LogP contribution in [0.1, 0.15) is 32.3 Å². The van der Waals surface area contributed by atoms with E-state index in [1.54, 1.807) is 12.0 Å². The Bertz CT molecular complexity index is 1080. The van der Waals surface area contributed by atoms with Crippen molar-refractivity contribution in [3.05, 3.63) is 72.3 Å². The molecule has 6 nitrogen and oxygen atoms in total. The number of fused-ring (bicyclic) bond motifs is 1. The van der Waals surface area contributed by atoms with Crippen LogP contribution in [0.15, 0.2) is 66.7 Å². The van der Waals surface area contributed by atoms with Gasteiger partial charge in [0.1, 0.15) is 17.5 Å². The van der Waals surface area contributed by atoms with Crippen molar-refractivity contribution in [3.8, 4) is 11.5 Å². The topological polar surface area (TPSA) is 67.9 Å². The summed E-state index contributed by atoms with van der Waals surface area (Å²) < 4.78 is 11.3. The fraction of sp³-hybridized carbons (Fsp3) is 0.333. The molecule has 0 spiro atoms. The molecule has 1 N–H and O–H groups in total. The molecule has 3 rings (SSSR count). The van der Waals surface area contributed by atoms with Gasteiger partial charge in [0.15, 0.2) is 6.61 Å². The highest BCUT2D eigenvalue weighted by Gasteiger charge is 2.29. The Morgan fingerprint density at radius 1 is 1.00 bits per heavy atom. The summed E-state index contributed by atoms with van der Waals surface area (Å²) in [5.74, 6) is 0.951. The number of hydrogen-bond acceptors (Lipinski definition) is 4. The summed E-state index contributed by atoms with van der Waals surface area (Å²) in [5, 5.41) is 4.91. The van der Waals surface area contributed by atoms with E-state index in [9.17, 15) is 9.59 Å². The molecule has 0 radical (unpaired) electrons. The molecule has 33 heavy (non-hydrogen) atoms. The highest BCUT2D eigenvalue weighted by Crippen LogP contribution is 2.25. The molecule has 1 unspecified atom stereocenters. The van der Waals surface area contributed by atoms with E-state index in [1.807, 2.05) is 80.6 Å². The number of ether oxygens (including phenoxy) is 2. The summed E-state index contributed by atoms with van der Waals surface area (Å²) in [6, 6.07) is 20.6. The van der Waals surface area contributed by atoms with Crippen LogP contribution < -0.4 is 14.8 Å². The number of carbonyl (C=O) groups is 2. The SMILES string of the molecule is CCCNC(=O)C(CC)N(Cc1cccc(OC)c1)C(=O)COc1cccc2ccccc12. The zero-order chi connectivity index (χ0) is 23.6. The van der Waals surface area contributed by atoms with Gasteiger partial charge in [0.2, 0.25) is 5.91 Å². The zero-order valence-electron chi connectivity index (χ0n) is 19.5.